The van der Waals surface area contributed by atoms with Crippen molar-refractivity contribution in [1.29, 1.82) is 0 Å². The summed E-state index contributed by atoms with van der Waals surface area (Å²) < 4.78 is 59.4. The summed E-state index contributed by atoms with van der Waals surface area (Å²) in [6.45, 7) is 0. The van der Waals surface area contributed by atoms with Gasteiger partial charge in [0.1, 0.15) is 5.01 Å². The topological polar surface area (TPSA) is 84.5 Å². The van der Waals surface area contributed by atoms with Crippen molar-refractivity contribution < 1.29 is 26.1 Å². The summed E-state index contributed by atoms with van der Waals surface area (Å²) in [6, 6.07) is 8.29. The Morgan fingerprint density at radius 2 is 1.75 bits per heavy atom. The van der Waals surface area contributed by atoms with E-state index in [0.717, 1.165) is 20.4 Å². The normalized spacial score (nSPS) is 16.6. The van der Waals surface area contributed by atoms with Crippen LogP contribution in [0.25, 0.3) is 10.6 Å². The number of halogens is 4. The Balaban J connectivity index is 0.000000300. The van der Waals surface area contributed by atoms with Crippen LogP contribution in [0.3, 0.4) is 0 Å². The summed E-state index contributed by atoms with van der Waals surface area (Å²) in [5.41, 5.74) is -4.44. The molecule has 0 spiro atoms. The van der Waals surface area contributed by atoms with Crippen LogP contribution in [0.2, 0.25) is 5.02 Å². The van der Waals surface area contributed by atoms with E-state index in [1.807, 2.05) is 36.0 Å². The smallest absolute Gasteiger partial charge is 0.279 e. The molecule has 1 aliphatic carbocycles. The second kappa shape index (κ2) is 9.38. The van der Waals surface area contributed by atoms with Crippen molar-refractivity contribution in [3.05, 3.63) is 34.1 Å². The first-order valence-electron chi connectivity index (χ1n) is 8.35. The van der Waals surface area contributed by atoms with E-state index < -0.39 is 15.6 Å². The van der Waals surface area contributed by atoms with Gasteiger partial charge in [-0.15, -0.1) is 0 Å². The van der Waals surface area contributed by atoms with Crippen LogP contribution in [0.1, 0.15) is 32.1 Å². The quantitative estimate of drug-likeness (QED) is 0.534. The molecular weight excluding hydrogens is 439 g/mol. The van der Waals surface area contributed by atoms with Crippen LogP contribution in [0.15, 0.2) is 29.3 Å². The van der Waals surface area contributed by atoms with Crippen molar-refractivity contribution in [2.45, 2.75) is 43.7 Å². The molecule has 1 aromatic heterocycles. The fourth-order valence-corrected chi connectivity index (χ4v) is 3.63. The fourth-order valence-electron chi connectivity index (χ4n) is 2.54. The van der Waals surface area contributed by atoms with E-state index in [1.165, 1.54) is 32.1 Å². The lowest BCUT2D eigenvalue weighted by atomic mass is 9.96. The van der Waals surface area contributed by atoms with E-state index in [0.29, 0.717) is 6.04 Å². The molecule has 6 nitrogen and oxygen atoms in total. The average Bonchev–Trinajstić information content (AvgIpc) is 2.96. The minimum absolute atomic E-state index is 0.480. The Bertz CT molecular complexity index is 948. The van der Waals surface area contributed by atoms with E-state index >= 15 is 0 Å². The van der Waals surface area contributed by atoms with Crippen LogP contribution in [0, 0.1) is 0 Å². The van der Waals surface area contributed by atoms with E-state index in [4.69, 9.17) is 29.6 Å². The third kappa shape index (κ3) is 6.57. The highest BCUT2D eigenvalue weighted by Gasteiger charge is 2.44. The molecule has 0 unspecified atom stereocenters. The lowest BCUT2D eigenvalue weighted by Crippen LogP contribution is -2.21. The maximum absolute atomic E-state index is 10.7. The Hall–Kier alpha value is -1.43. The molecule has 1 fully saturated rings. The van der Waals surface area contributed by atoms with Gasteiger partial charge in [-0.05, 0) is 25.0 Å². The maximum atomic E-state index is 10.7. The Morgan fingerprint density at radius 1 is 1.21 bits per heavy atom. The molecule has 0 aliphatic heterocycles. The SMILES string of the molecule is Cn1nc(-c2ccc(Cl)cc2)sc1=NC1CCCCC1.O=S(=O)(O)C(F)(F)F. The molecule has 0 bridgehead atoms. The van der Waals surface area contributed by atoms with E-state index in [1.54, 1.807) is 11.3 Å². The number of hydrogen-bond donors (Lipinski definition) is 1. The molecule has 3 rings (SSSR count). The maximum Gasteiger partial charge on any atom is 0.522 e. The van der Waals surface area contributed by atoms with Crippen LogP contribution >= 0.6 is 22.9 Å². The van der Waals surface area contributed by atoms with Crippen LogP contribution in [-0.4, -0.2) is 34.3 Å². The zero-order valence-electron chi connectivity index (χ0n) is 14.9. The van der Waals surface area contributed by atoms with Crippen LogP contribution < -0.4 is 4.80 Å². The van der Waals surface area contributed by atoms with Crippen LogP contribution in [0.4, 0.5) is 13.2 Å². The Labute approximate surface area is 169 Å². The highest BCUT2D eigenvalue weighted by molar-refractivity contribution is 7.86. The third-order valence-corrected chi connectivity index (χ3v) is 5.86. The average molecular weight is 458 g/mol. The van der Waals surface area contributed by atoms with Gasteiger partial charge in [-0.1, -0.05) is 54.3 Å². The van der Waals surface area contributed by atoms with Crippen molar-refractivity contribution in [2.75, 3.05) is 0 Å². The monoisotopic (exact) mass is 457 g/mol. The second-order valence-electron chi connectivity index (χ2n) is 6.16. The summed E-state index contributed by atoms with van der Waals surface area (Å²) in [4.78, 5) is 5.89. The predicted octanol–water partition coefficient (Wildman–Crippen LogP) is 4.43. The first-order valence-corrected chi connectivity index (χ1v) is 11.0. The molecule has 1 aliphatic rings. The van der Waals surface area contributed by atoms with Crippen LogP contribution in [0.5, 0.6) is 0 Å². The summed E-state index contributed by atoms with van der Waals surface area (Å²) >= 11 is 7.58. The van der Waals surface area contributed by atoms with E-state index in [9.17, 15) is 13.2 Å². The van der Waals surface area contributed by atoms with E-state index in [-0.39, 0.29) is 0 Å². The van der Waals surface area contributed by atoms with Gasteiger partial charge in [-0.25, -0.2) is 4.68 Å². The highest BCUT2D eigenvalue weighted by Crippen LogP contribution is 2.23. The number of aryl methyl sites for hydroxylation is 1. The second-order valence-corrected chi connectivity index (χ2v) is 8.97. The van der Waals surface area contributed by atoms with Gasteiger partial charge in [0.15, 0.2) is 0 Å². The van der Waals surface area contributed by atoms with Crippen molar-refractivity contribution in [3.8, 4) is 10.6 Å². The number of hydrogen-bond acceptors (Lipinski definition) is 5. The molecule has 1 aromatic carbocycles. The van der Waals surface area contributed by atoms with Crippen molar-refractivity contribution in [2.24, 2.45) is 12.0 Å². The first-order chi connectivity index (χ1) is 13.0. The summed E-state index contributed by atoms with van der Waals surface area (Å²) in [5.74, 6) is 0. The van der Waals surface area contributed by atoms with Gasteiger partial charge in [0.2, 0.25) is 4.80 Å². The minimum atomic E-state index is -5.84. The predicted molar refractivity (Wildman–Crippen MR) is 102 cm³/mol. The van der Waals surface area contributed by atoms with Gasteiger partial charge in [0, 0.05) is 17.6 Å². The Morgan fingerprint density at radius 3 is 2.25 bits per heavy atom. The summed E-state index contributed by atoms with van der Waals surface area (Å²) in [6.07, 6.45) is 6.40. The zero-order chi connectivity index (χ0) is 20.9. The molecule has 12 heteroatoms. The van der Waals surface area contributed by atoms with Crippen molar-refractivity contribution in [3.63, 3.8) is 0 Å². The van der Waals surface area contributed by atoms with Crippen molar-refractivity contribution in [1.82, 2.24) is 9.78 Å². The van der Waals surface area contributed by atoms with Crippen molar-refractivity contribution >= 4 is 33.1 Å². The van der Waals surface area contributed by atoms with Gasteiger partial charge >= 0.3 is 15.6 Å². The zero-order valence-corrected chi connectivity index (χ0v) is 17.2. The number of nitrogens with zero attached hydrogens (tertiary/aromatic N) is 3. The molecule has 156 valence electrons. The molecule has 0 saturated heterocycles. The minimum Gasteiger partial charge on any atom is -0.279 e. The van der Waals surface area contributed by atoms with E-state index in [2.05, 4.69) is 5.10 Å². The molecule has 2 aromatic rings. The van der Waals surface area contributed by atoms with Crippen LogP contribution in [-0.2, 0) is 17.2 Å². The first kappa shape index (κ1) is 22.9. The molecule has 1 heterocycles. The number of aromatic nitrogens is 2. The van der Waals surface area contributed by atoms with Gasteiger partial charge < -0.3 is 0 Å². The third-order valence-electron chi connectivity index (χ3n) is 3.96. The molecule has 0 amide bonds. The number of alkyl halides is 3. The molecular formula is C16H19ClF3N3O3S2. The van der Waals surface area contributed by atoms with Gasteiger partial charge in [0.05, 0.1) is 6.04 Å². The summed E-state index contributed by atoms with van der Waals surface area (Å²) in [5, 5.41) is 6.32. The van der Waals surface area contributed by atoms with Gasteiger partial charge in [0.25, 0.3) is 0 Å². The fraction of sp³-hybridized carbons (Fsp3) is 0.500. The molecule has 1 saturated carbocycles. The molecule has 1 N–H and O–H groups in total. The number of rotatable bonds is 2. The van der Waals surface area contributed by atoms with Gasteiger partial charge in [-0.2, -0.15) is 26.7 Å². The lowest BCUT2D eigenvalue weighted by molar-refractivity contribution is -0.0510. The Kier molecular flexibility index (Phi) is 7.66. The highest BCUT2D eigenvalue weighted by atomic mass is 35.5. The standard InChI is InChI=1S/C15H18ClN3S.CHF3O3S/c1-19-15(17-13-5-3-2-4-6-13)20-14(18-19)11-7-9-12(16)10-8-11;2-1(3,4)8(5,6)7/h7-10,13H,2-6H2,1H3;(H,5,6,7). The number of benzene rings is 1. The summed E-state index contributed by atoms with van der Waals surface area (Å²) in [7, 11) is -3.87. The molecule has 0 atom stereocenters. The lowest BCUT2D eigenvalue weighted by Gasteiger charge is -2.16. The van der Waals surface area contributed by atoms with Gasteiger partial charge in [-0.3, -0.25) is 9.55 Å². The largest absolute Gasteiger partial charge is 0.522 e. The molecule has 28 heavy (non-hydrogen) atoms. The molecule has 0 radical (unpaired) electrons.